The molecule has 0 radical (unpaired) electrons. The van der Waals surface area contributed by atoms with E-state index in [1.165, 1.54) is 12.1 Å². The number of hydrogen-bond donors (Lipinski definition) is 0. The molecule has 2 aliphatic rings. The Morgan fingerprint density at radius 1 is 1.06 bits per heavy atom. The van der Waals surface area contributed by atoms with Gasteiger partial charge in [0.25, 0.3) is 0 Å². The molecule has 0 spiro atoms. The molecule has 7 heteroatoms. The number of piperidine rings is 1. The van der Waals surface area contributed by atoms with E-state index >= 15 is 0 Å². The van der Waals surface area contributed by atoms with Crippen molar-refractivity contribution in [1.82, 2.24) is 4.90 Å². The van der Waals surface area contributed by atoms with Crippen molar-refractivity contribution >= 4 is 17.5 Å². The summed E-state index contributed by atoms with van der Waals surface area (Å²) in [5.74, 6) is 0.960. The third-order valence-corrected chi connectivity index (χ3v) is 7.05. The summed E-state index contributed by atoms with van der Waals surface area (Å²) in [7, 11) is 0. The summed E-state index contributed by atoms with van der Waals surface area (Å²) in [4.78, 5) is 15.5. The molecular weight excluding hydrogens is 439 g/mol. The van der Waals surface area contributed by atoms with E-state index in [0.29, 0.717) is 29.8 Å². The Bertz CT molecular complexity index is 924. The minimum Gasteiger partial charge on any atom is -0.494 e. The summed E-state index contributed by atoms with van der Waals surface area (Å²) in [6.07, 6.45) is 1.17. The van der Waals surface area contributed by atoms with Gasteiger partial charge in [-0.2, -0.15) is 13.2 Å². The van der Waals surface area contributed by atoms with Gasteiger partial charge in [-0.05, 0) is 80.0 Å². The van der Waals surface area contributed by atoms with Crippen LogP contribution in [0.25, 0.3) is 0 Å². The highest BCUT2D eigenvalue weighted by Crippen LogP contribution is 2.46. The number of likely N-dealkylation sites (tertiary alicyclic amines) is 1. The SMILES string of the molecule is O=C(N1CCCC(CCOc2ccc(C(F)(F)F)cc2)C1)C1(c2ccc(Cl)cc2)CCC1. The molecule has 1 unspecified atom stereocenters. The van der Waals surface area contributed by atoms with E-state index in [-0.39, 0.29) is 5.91 Å². The topological polar surface area (TPSA) is 29.5 Å². The van der Waals surface area contributed by atoms with Crippen molar-refractivity contribution in [2.24, 2.45) is 5.92 Å². The predicted octanol–water partition coefficient (Wildman–Crippen LogP) is 6.49. The Hall–Kier alpha value is -2.21. The van der Waals surface area contributed by atoms with Crippen molar-refractivity contribution in [3.8, 4) is 5.75 Å². The molecule has 1 saturated carbocycles. The summed E-state index contributed by atoms with van der Waals surface area (Å²) >= 11 is 6.03. The summed E-state index contributed by atoms with van der Waals surface area (Å²) in [5, 5.41) is 0.668. The summed E-state index contributed by atoms with van der Waals surface area (Å²) < 4.78 is 43.7. The molecule has 32 heavy (non-hydrogen) atoms. The third kappa shape index (κ3) is 4.90. The zero-order chi connectivity index (χ0) is 22.8. The van der Waals surface area contributed by atoms with E-state index in [1.54, 1.807) is 0 Å². The number of nitrogens with zero attached hydrogens (tertiary/aromatic N) is 1. The lowest BCUT2D eigenvalue weighted by Gasteiger charge is -2.46. The van der Waals surface area contributed by atoms with Crippen LogP contribution in [0.3, 0.4) is 0 Å². The monoisotopic (exact) mass is 465 g/mol. The first kappa shape index (κ1) is 23.0. The Labute approximate surface area is 191 Å². The van der Waals surface area contributed by atoms with Gasteiger partial charge in [0, 0.05) is 18.1 Å². The van der Waals surface area contributed by atoms with Gasteiger partial charge in [-0.25, -0.2) is 0 Å². The largest absolute Gasteiger partial charge is 0.494 e. The maximum absolute atomic E-state index is 13.5. The van der Waals surface area contributed by atoms with Crippen LogP contribution in [0.1, 0.15) is 49.7 Å². The van der Waals surface area contributed by atoms with Crippen LogP contribution in [0.5, 0.6) is 5.75 Å². The molecule has 1 heterocycles. The fourth-order valence-electron chi connectivity index (χ4n) is 4.80. The van der Waals surface area contributed by atoms with Gasteiger partial charge in [0.2, 0.25) is 5.91 Å². The van der Waals surface area contributed by atoms with Gasteiger partial charge in [-0.3, -0.25) is 4.79 Å². The van der Waals surface area contributed by atoms with E-state index in [9.17, 15) is 18.0 Å². The number of carbonyl (C=O) groups is 1. The highest BCUT2D eigenvalue weighted by Gasteiger charge is 2.48. The van der Waals surface area contributed by atoms with Crippen LogP contribution in [0.4, 0.5) is 13.2 Å². The molecule has 2 aromatic carbocycles. The molecule has 4 rings (SSSR count). The molecule has 2 aromatic rings. The number of amides is 1. The molecule has 1 aliphatic carbocycles. The molecule has 0 N–H and O–H groups in total. The number of rotatable bonds is 6. The van der Waals surface area contributed by atoms with Gasteiger partial charge in [0.15, 0.2) is 0 Å². The minimum atomic E-state index is -4.35. The molecule has 1 atom stereocenters. The zero-order valence-corrected chi connectivity index (χ0v) is 18.6. The van der Waals surface area contributed by atoms with Crippen LogP contribution in [0.15, 0.2) is 48.5 Å². The maximum atomic E-state index is 13.5. The second kappa shape index (κ2) is 9.34. The van der Waals surface area contributed by atoms with Crippen molar-refractivity contribution in [1.29, 1.82) is 0 Å². The first-order valence-electron chi connectivity index (χ1n) is 11.1. The summed E-state index contributed by atoms with van der Waals surface area (Å²) in [5.41, 5.74) is -0.0637. The lowest BCUT2D eigenvalue weighted by Crippen LogP contribution is -2.53. The maximum Gasteiger partial charge on any atom is 0.416 e. The highest BCUT2D eigenvalue weighted by molar-refractivity contribution is 6.30. The van der Waals surface area contributed by atoms with Crippen LogP contribution in [-0.4, -0.2) is 30.5 Å². The number of ether oxygens (including phenoxy) is 1. The Morgan fingerprint density at radius 2 is 1.75 bits per heavy atom. The van der Waals surface area contributed by atoms with Crippen LogP contribution >= 0.6 is 11.6 Å². The standard InChI is InChI=1S/C25H27ClF3NO2/c26-21-8-4-19(5-9-21)24(13-2-14-24)23(31)30-15-1-3-18(17-30)12-16-32-22-10-6-20(7-11-22)25(27,28)29/h4-11,18H,1-3,12-17H2. The lowest BCUT2D eigenvalue weighted by atomic mass is 9.63. The number of halogens is 4. The second-order valence-corrected chi connectivity index (χ2v) is 9.30. The third-order valence-electron chi connectivity index (χ3n) is 6.80. The van der Waals surface area contributed by atoms with E-state index in [2.05, 4.69) is 0 Å². The Balaban J connectivity index is 1.32. The first-order valence-corrected chi connectivity index (χ1v) is 11.5. The summed E-state index contributed by atoms with van der Waals surface area (Å²) in [6.45, 7) is 1.88. The van der Waals surface area contributed by atoms with Gasteiger partial charge in [0.05, 0.1) is 17.6 Å². The van der Waals surface area contributed by atoms with Crippen molar-refractivity contribution in [2.75, 3.05) is 19.7 Å². The second-order valence-electron chi connectivity index (χ2n) is 8.86. The number of carbonyl (C=O) groups excluding carboxylic acids is 1. The molecule has 1 saturated heterocycles. The smallest absolute Gasteiger partial charge is 0.416 e. The average Bonchev–Trinajstić information content (AvgIpc) is 2.74. The van der Waals surface area contributed by atoms with Crippen molar-refractivity contribution in [3.63, 3.8) is 0 Å². The Morgan fingerprint density at radius 3 is 2.34 bits per heavy atom. The van der Waals surface area contributed by atoms with Crippen LogP contribution < -0.4 is 4.74 Å². The van der Waals surface area contributed by atoms with Crippen LogP contribution in [0, 0.1) is 5.92 Å². The summed E-state index contributed by atoms with van der Waals surface area (Å²) in [6, 6.07) is 12.4. The normalized spacial score (nSPS) is 20.5. The number of benzene rings is 2. The molecule has 1 aliphatic heterocycles. The van der Waals surface area contributed by atoms with Crippen LogP contribution in [-0.2, 0) is 16.4 Å². The molecule has 0 aromatic heterocycles. The number of hydrogen-bond acceptors (Lipinski definition) is 2. The van der Waals surface area contributed by atoms with Gasteiger partial charge in [-0.1, -0.05) is 30.2 Å². The molecular formula is C25H27ClF3NO2. The first-order chi connectivity index (χ1) is 15.3. The van der Waals surface area contributed by atoms with Gasteiger partial charge < -0.3 is 9.64 Å². The van der Waals surface area contributed by atoms with Gasteiger partial charge in [0.1, 0.15) is 5.75 Å². The molecule has 172 valence electrons. The van der Waals surface area contributed by atoms with Crippen molar-refractivity contribution in [2.45, 2.75) is 50.1 Å². The zero-order valence-electron chi connectivity index (χ0n) is 17.8. The minimum absolute atomic E-state index is 0.208. The fourth-order valence-corrected chi connectivity index (χ4v) is 4.92. The fraction of sp³-hybridized carbons (Fsp3) is 0.480. The van der Waals surface area contributed by atoms with Gasteiger partial charge in [-0.15, -0.1) is 0 Å². The molecule has 3 nitrogen and oxygen atoms in total. The molecule has 1 amide bonds. The van der Waals surface area contributed by atoms with E-state index in [4.69, 9.17) is 16.3 Å². The van der Waals surface area contributed by atoms with Crippen LogP contribution in [0.2, 0.25) is 5.02 Å². The van der Waals surface area contributed by atoms with E-state index in [1.807, 2.05) is 29.2 Å². The predicted molar refractivity (Wildman–Crippen MR) is 118 cm³/mol. The number of alkyl halides is 3. The van der Waals surface area contributed by atoms with Crippen molar-refractivity contribution < 1.29 is 22.7 Å². The average molecular weight is 466 g/mol. The quantitative estimate of drug-likeness (QED) is 0.488. The molecule has 0 bridgehead atoms. The van der Waals surface area contributed by atoms with E-state index < -0.39 is 17.2 Å². The van der Waals surface area contributed by atoms with Gasteiger partial charge >= 0.3 is 6.18 Å². The highest BCUT2D eigenvalue weighted by atomic mass is 35.5. The van der Waals surface area contributed by atoms with E-state index in [0.717, 1.165) is 62.8 Å². The Kier molecular flexibility index (Phi) is 6.70. The van der Waals surface area contributed by atoms with Crippen molar-refractivity contribution in [3.05, 3.63) is 64.7 Å². The lowest BCUT2D eigenvalue weighted by molar-refractivity contribution is -0.143. The molecule has 2 fully saturated rings.